The van der Waals surface area contributed by atoms with Crippen molar-refractivity contribution in [3.8, 4) is 0 Å². The normalized spacial score (nSPS) is 59.2. The second-order valence-electron chi connectivity index (χ2n) is 14.7. The Hall–Kier alpha value is -0.340. The zero-order chi connectivity index (χ0) is 23.5. The van der Waals surface area contributed by atoms with Crippen LogP contribution in [0, 0.1) is 56.7 Å². The summed E-state index contributed by atoms with van der Waals surface area (Å²) >= 11 is 0. The fourth-order valence-electron chi connectivity index (χ4n) is 11.3. The molecule has 182 valence electrons. The van der Waals surface area contributed by atoms with Crippen molar-refractivity contribution in [3.05, 3.63) is 11.6 Å². The molecule has 0 bridgehead atoms. The minimum absolute atomic E-state index is 0.0289. The van der Waals surface area contributed by atoms with Gasteiger partial charge in [0.05, 0.1) is 12.2 Å². The van der Waals surface area contributed by atoms with Crippen molar-refractivity contribution in [1.29, 1.82) is 0 Å². The first kappa shape index (κ1) is 23.4. The van der Waals surface area contributed by atoms with E-state index >= 15 is 0 Å². The fourth-order valence-corrected chi connectivity index (χ4v) is 11.3. The van der Waals surface area contributed by atoms with Crippen LogP contribution in [0.3, 0.4) is 0 Å². The molecule has 0 saturated heterocycles. The zero-order valence-electron chi connectivity index (χ0n) is 22.2. The summed E-state index contributed by atoms with van der Waals surface area (Å²) in [4.78, 5) is 0. The topological polar surface area (TPSA) is 40.5 Å². The van der Waals surface area contributed by atoms with Crippen LogP contribution in [0.15, 0.2) is 11.6 Å². The van der Waals surface area contributed by atoms with Crippen LogP contribution in [0.4, 0.5) is 0 Å². The molecule has 0 heterocycles. The predicted octanol–water partition coefficient (Wildman–Crippen LogP) is 7.00. The summed E-state index contributed by atoms with van der Waals surface area (Å²) in [5.41, 5.74) is 2.53. The van der Waals surface area contributed by atoms with E-state index in [-0.39, 0.29) is 23.0 Å². The average molecular weight is 443 g/mol. The van der Waals surface area contributed by atoms with Crippen LogP contribution in [0.5, 0.6) is 0 Å². The van der Waals surface area contributed by atoms with Crippen molar-refractivity contribution in [3.63, 3.8) is 0 Å². The third kappa shape index (κ3) is 2.61. The Bertz CT molecular complexity index is 814. The molecule has 0 aromatic rings. The molecule has 2 nitrogen and oxygen atoms in total. The van der Waals surface area contributed by atoms with E-state index in [1.807, 2.05) is 0 Å². The van der Waals surface area contributed by atoms with Crippen molar-refractivity contribution in [2.24, 2.45) is 56.7 Å². The molecule has 5 aliphatic carbocycles. The minimum Gasteiger partial charge on any atom is -0.393 e. The van der Waals surface area contributed by atoms with E-state index < -0.39 is 0 Å². The van der Waals surface area contributed by atoms with Gasteiger partial charge < -0.3 is 10.2 Å². The molecule has 4 fully saturated rings. The van der Waals surface area contributed by atoms with Gasteiger partial charge >= 0.3 is 0 Å². The number of aliphatic hydroxyl groups excluding tert-OH is 2. The van der Waals surface area contributed by atoms with Gasteiger partial charge in [-0.05, 0) is 110 Å². The standard InChI is InChI=1S/C30H50O2/c1-18-17-24(32)28(6)15-16-29(7)20(25(28)19(18)2)9-10-22-27(5)13-12-23(31)26(3,4)21(27)11-14-30(22,29)8/h17,19-25,31-32H,9-16H2,1-8H3/t19-,20+,21-,22+,23-,24-,25-,27-,28-,29+,30+/m0/s1. The molecular weight excluding hydrogens is 392 g/mol. The van der Waals surface area contributed by atoms with Crippen LogP contribution in [0.2, 0.25) is 0 Å². The first-order valence-corrected chi connectivity index (χ1v) is 13.8. The average Bonchev–Trinajstić information content (AvgIpc) is 2.71. The molecule has 0 unspecified atom stereocenters. The van der Waals surface area contributed by atoms with Gasteiger partial charge in [0.15, 0.2) is 0 Å². The predicted molar refractivity (Wildman–Crippen MR) is 132 cm³/mol. The third-order valence-electron chi connectivity index (χ3n) is 13.6. The zero-order valence-corrected chi connectivity index (χ0v) is 22.2. The van der Waals surface area contributed by atoms with E-state index in [2.05, 4.69) is 61.5 Å². The molecule has 5 rings (SSSR count). The molecule has 0 aliphatic heterocycles. The molecule has 5 aliphatic rings. The minimum atomic E-state index is -0.285. The number of fused-ring (bicyclic) bond motifs is 7. The molecule has 0 aromatic carbocycles. The number of allylic oxidation sites excluding steroid dienone is 1. The molecule has 32 heavy (non-hydrogen) atoms. The van der Waals surface area contributed by atoms with E-state index in [0.29, 0.717) is 39.9 Å². The Labute approximate surface area is 197 Å². The number of hydrogen-bond acceptors (Lipinski definition) is 2. The number of aliphatic hydroxyl groups is 2. The summed E-state index contributed by atoms with van der Waals surface area (Å²) in [6.45, 7) is 19.8. The van der Waals surface area contributed by atoms with Crippen LogP contribution in [0.1, 0.15) is 107 Å². The fraction of sp³-hybridized carbons (Fsp3) is 0.933. The molecule has 0 amide bonds. The van der Waals surface area contributed by atoms with Crippen molar-refractivity contribution in [2.75, 3.05) is 0 Å². The van der Waals surface area contributed by atoms with Gasteiger partial charge in [-0.15, -0.1) is 0 Å². The highest BCUT2D eigenvalue weighted by atomic mass is 16.3. The Morgan fingerprint density at radius 2 is 1.44 bits per heavy atom. The second kappa shape index (κ2) is 6.87. The summed E-state index contributed by atoms with van der Waals surface area (Å²) in [6.07, 6.45) is 11.6. The Morgan fingerprint density at radius 3 is 2.12 bits per heavy atom. The van der Waals surface area contributed by atoms with E-state index in [9.17, 15) is 10.2 Å². The van der Waals surface area contributed by atoms with Crippen molar-refractivity contribution in [2.45, 2.75) is 119 Å². The van der Waals surface area contributed by atoms with Gasteiger partial charge in [-0.1, -0.05) is 60.1 Å². The summed E-state index contributed by atoms with van der Waals surface area (Å²) < 4.78 is 0. The highest BCUT2D eigenvalue weighted by molar-refractivity contribution is 5.24. The summed E-state index contributed by atoms with van der Waals surface area (Å²) in [5.74, 6) is 3.26. The highest BCUT2D eigenvalue weighted by Crippen LogP contribution is 2.76. The molecular formula is C30H50O2. The van der Waals surface area contributed by atoms with Gasteiger partial charge in [0.25, 0.3) is 0 Å². The van der Waals surface area contributed by atoms with Gasteiger partial charge in [-0.25, -0.2) is 0 Å². The lowest BCUT2D eigenvalue weighted by atomic mass is 9.31. The van der Waals surface area contributed by atoms with E-state index in [1.54, 1.807) is 0 Å². The van der Waals surface area contributed by atoms with Gasteiger partial charge in [-0.3, -0.25) is 0 Å². The molecule has 11 atom stereocenters. The Kier molecular flexibility index (Phi) is 5.02. The molecule has 0 spiro atoms. The maximum atomic E-state index is 11.2. The molecule has 2 N–H and O–H groups in total. The molecule has 4 saturated carbocycles. The number of hydrogen-bond donors (Lipinski definition) is 2. The highest BCUT2D eigenvalue weighted by Gasteiger charge is 2.70. The van der Waals surface area contributed by atoms with E-state index in [4.69, 9.17) is 0 Å². The van der Waals surface area contributed by atoms with Crippen LogP contribution in [-0.2, 0) is 0 Å². The number of rotatable bonds is 0. The molecule has 0 aromatic heterocycles. The molecule has 2 heteroatoms. The maximum absolute atomic E-state index is 11.2. The lowest BCUT2D eigenvalue weighted by Gasteiger charge is -2.73. The van der Waals surface area contributed by atoms with Crippen LogP contribution < -0.4 is 0 Å². The Morgan fingerprint density at radius 1 is 0.750 bits per heavy atom. The maximum Gasteiger partial charge on any atom is 0.0780 e. The largest absolute Gasteiger partial charge is 0.393 e. The first-order valence-electron chi connectivity index (χ1n) is 13.8. The lowest BCUT2D eigenvalue weighted by molar-refractivity contribution is -0.255. The van der Waals surface area contributed by atoms with Crippen molar-refractivity contribution < 1.29 is 10.2 Å². The van der Waals surface area contributed by atoms with E-state index in [1.165, 1.54) is 44.1 Å². The van der Waals surface area contributed by atoms with Crippen molar-refractivity contribution >= 4 is 0 Å². The third-order valence-corrected chi connectivity index (χ3v) is 13.6. The summed E-state index contributed by atoms with van der Waals surface area (Å²) in [7, 11) is 0. The quantitative estimate of drug-likeness (QED) is 0.397. The first-order chi connectivity index (χ1) is 14.7. The SMILES string of the molecule is CC1=C[C@H](O)[C@]2(C)CC[C@]3(C)[C@H](CC[C@@H]4[C@@]5(C)CC[C@H](O)C(C)(C)[C@@H]5CC[C@]43C)[C@@H]2[C@H]1C. The Balaban J connectivity index is 1.56. The van der Waals surface area contributed by atoms with Gasteiger partial charge in [0, 0.05) is 5.41 Å². The van der Waals surface area contributed by atoms with E-state index in [0.717, 1.165) is 18.8 Å². The monoisotopic (exact) mass is 442 g/mol. The van der Waals surface area contributed by atoms with Crippen LogP contribution in [-0.4, -0.2) is 22.4 Å². The van der Waals surface area contributed by atoms with Crippen LogP contribution in [0.25, 0.3) is 0 Å². The lowest BCUT2D eigenvalue weighted by Crippen LogP contribution is -2.67. The van der Waals surface area contributed by atoms with Crippen molar-refractivity contribution in [1.82, 2.24) is 0 Å². The second-order valence-corrected chi connectivity index (χ2v) is 14.7. The van der Waals surface area contributed by atoms with Gasteiger partial charge in [0.1, 0.15) is 0 Å². The molecule has 0 radical (unpaired) electrons. The summed E-state index contributed by atoms with van der Waals surface area (Å²) in [5, 5.41) is 22.1. The summed E-state index contributed by atoms with van der Waals surface area (Å²) in [6, 6.07) is 0. The van der Waals surface area contributed by atoms with Gasteiger partial charge in [-0.2, -0.15) is 0 Å². The smallest absolute Gasteiger partial charge is 0.0780 e. The van der Waals surface area contributed by atoms with Crippen LogP contribution >= 0.6 is 0 Å². The van der Waals surface area contributed by atoms with Gasteiger partial charge in [0.2, 0.25) is 0 Å².